The lowest BCUT2D eigenvalue weighted by molar-refractivity contribution is -0.149. The molecule has 0 aliphatic carbocycles. The number of aliphatic carboxylic acids is 1. The Morgan fingerprint density at radius 1 is 1.31 bits per heavy atom. The van der Waals surface area contributed by atoms with Crippen molar-refractivity contribution < 1.29 is 34.8 Å². The molecule has 26 heavy (non-hydrogen) atoms. The second-order valence-electron chi connectivity index (χ2n) is 6.41. The molecule has 0 bridgehead atoms. The molecule has 1 aromatic carbocycles. The molecule has 1 aromatic rings. The quantitative estimate of drug-likeness (QED) is 0.471. The summed E-state index contributed by atoms with van der Waals surface area (Å²) in [7, 11) is 0. The van der Waals surface area contributed by atoms with E-state index in [2.05, 4.69) is 5.32 Å². The van der Waals surface area contributed by atoms with Crippen LogP contribution in [0.15, 0.2) is 36.1 Å². The number of aryl methyl sites for hydroxylation is 1. The zero-order chi connectivity index (χ0) is 19.4. The third-order valence-electron chi connectivity index (χ3n) is 4.34. The van der Waals surface area contributed by atoms with E-state index in [1.165, 1.54) is 0 Å². The van der Waals surface area contributed by atoms with Gasteiger partial charge in [-0.15, -0.1) is 0 Å². The maximum atomic E-state index is 12.1. The van der Waals surface area contributed by atoms with Crippen molar-refractivity contribution >= 4 is 11.9 Å². The first-order valence-corrected chi connectivity index (χ1v) is 8.21. The van der Waals surface area contributed by atoms with Crippen LogP contribution >= 0.6 is 0 Å². The van der Waals surface area contributed by atoms with E-state index in [4.69, 9.17) is 9.84 Å². The lowest BCUT2D eigenvalue weighted by atomic mass is 9.89. The zero-order valence-corrected chi connectivity index (χ0v) is 14.5. The monoisotopic (exact) mass is 365 g/mol. The van der Waals surface area contributed by atoms with Crippen molar-refractivity contribution in [1.82, 2.24) is 5.32 Å². The first-order valence-electron chi connectivity index (χ1n) is 8.21. The predicted octanol–water partition coefficient (Wildman–Crippen LogP) is -0.189. The molecule has 0 saturated carbocycles. The third-order valence-corrected chi connectivity index (χ3v) is 4.34. The second-order valence-corrected chi connectivity index (χ2v) is 6.41. The van der Waals surface area contributed by atoms with Crippen molar-refractivity contribution in [2.45, 2.75) is 38.3 Å². The van der Waals surface area contributed by atoms with Crippen LogP contribution < -0.4 is 5.32 Å². The van der Waals surface area contributed by atoms with E-state index in [0.29, 0.717) is 5.56 Å². The van der Waals surface area contributed by atoms with Crippen molar-refractivity contribution in [3.8, 4) is 0 Å². The van der Waals surface area contributed by atoms with Gasteiger partial charge in [-0.05, 0) is 25.1 Å². The van der Waals surface area contributed by atoms with Gasteiger partial charge in [-0.3, -0.25) is 4.79 Å². The average molecular weight is 365 g/mol. The van der Waals surface area contributed by atoms with E-state index in [1.807, 2.05) is 13.0 Å². The Balaban J connectivity index is 1.98. The van der Waals surface area contributed by atoms with E-state index in [1.54, 1.807) is 25.1 Å². The van der Waals surface area contributed by atoms with Crippen molar-refractivity contribution in [1.29, 1.82) is 0 Å². The number of carboxylic acid groups (broad SMARTS) is 1. The number of hydrogen-bond acceptors (Lipinski definition) is 6. The normalized spacial score (nSPS) is 24.8. The van der Waals surface area contributed by atoms with Gasteiger partial charge in [-0.2, -0.15) is 0 Å². The van der Waals surface area contributed by atoms with Crippen LogP contribution in [0.4, 0.5) is 0 Å². The van der Waals surface area contributed by atoms with Gasteiger partial charge in [-0.1, -0.05) is 24.6 Å². The van der Waals surface area contributed by atoms with Gasteiger partial charge in [0.05, 0.1) is 6.10 Å². The number of nitrogens with one attached hydrogen (secondary N) is 1. The molecule has 0 saturated heterocycles. The average Bonchev–Trinajstić information content (AvgIpc) is 2.60. The minimum atomic E-state index is -1.50. The number of carboxylic acids is 1. The van der Waals surface area contributed by atoms with Gasteiger partial charge in [-0.25, -0.2) is 4.79 Å². The van der Waals surface area contributed by atoms with Crippen molar-refractivity contribution in [2.75, 3.05) is 6.54 Å². The van der Waals surface area contributed by atoms with E-state index >= 15 is 0 Å². The number of carbonyl (C=O) groups is 2. The molecule has 5 N–H and O–H groups in total. The molecular weight excluding hydrogens is 342 g/mol. The van der Waals surface area contributed by atoms with Gasteiger partial charge >= 0.3 is 5.97 Å². The number of aliphatic hydroxyl groups excluding tert-OH is 3. The SMILES string of the molecule is Cc1cccc(C(=O)NC[C@@H](O)[C@@H](O)[C@@H]2OC(C(=O)O)=C[C@H](O)[C@H]2C)c1. The summed E-state index contributed by atoms with van der Waals surface area (Å²) in [5.74, 6) is -2.93. The summed E-state index contributed by atoms with van der Waals surface area (Å²) in [6, 6.07) is 6.88. The molecule has 2 rings (SSSR count). The second kappa shape index (κ2) is 8.31. The third kappa shape index (κ3) is 4.60. The standard InChI is InChI=1S/C18H23NO7/c1-9-4-3-5-11(6-9)17(23)19-8-13(21)15(22)16-10(2)12(20)7-14(26-16)18(24)25/h3-7,10,12-13,15-16,20-22H,8H2,1-2H3,(H,19,23)(H,24,25)/t10-,12+,13-,15-,16-/m1/s1. The number of ether oxygens (including phenoxy) is 1. The largest absolute Gasteiger partial charge is 0.480 e. The molecule has 1 aliphatic heterocycles. The Morgan fingerprint density at radius 2 is 2.00 bits per heavy atom. The molecular formula is C18H23NO7. The summed E-state index contributed by atoms with van der Waals surface area (Å²) in [4.78, 5) is 23.1. The molecule has 142 valence electrons. The lowest BCUT2D eigenvalue weighted by Crippen LogP contribution is -2.51. The van der Waals surface area contributed by atoms with Crippen molar-refractivity contribution in [2.24, 2.45) is 5.92 Å². The van der Waals surface area contributed by atoms with Crippen molar-refractivity contribution in [3.05, 3.63) is 47.2 Å². The minimum absolute atomic E-state index is 0.261. The first-order chi connectivity index (χ1) is 12.2. The maximum absolute atomic E-state index is 12.1. The van der Waals surface area contributed by atoms with Gasteiger partial charge < -0.3 is 30.5 Å². The zero-order valence-electron chi connectivity index (χ0n) is 14.5. The molecule has 0 fully saturated rings. The summed E-state index contributed by atoms with van der Waals surface area (Å²) in [6.45, 7) is 3.14. The van der Waals surface area contributed by atoms with E-state index in [-0.39, 0.29) is 6.54 Å². The number of aliphatic hydroxyl groups is 3. The number of hydrogen-bond donors (Lipinski definition) is 5. The number of rotatable bonds is 6. The molecule has 0 unspecified atom stereocenters. The Morgan fingerprint density at radius 3 is 2.62 bits per heavy atom. The number of benzene rings is 1. The van der Waals surface area contributed by atoms with Crippen LogP contribution in [0.25, 0.3) is 0 Å². The lowest BCUT2D eigenvalue weighted by Gasteiger charge is -2.36. The molecule has 0 spiro atoms. The smallest absolute Gasteiger partial charge is 0.370 e. The van der Waals surface area contributed by atoms with Gasteiger partial charge in [0, 0.05) is 18.0 Å². The minimum Gasteiger partial charge on any atom is -0.480 e. The molecule has 8 heteroatoms. The summed E-state index contributed by atoms with van der Waals surface area (Å²) < 4.78 is 5.20. The fourth-order valence-electron chi connectivity index (χ4n) is 2.72. The van der Waals surface area contributed by atoms with Crippen LogP contribution in [-0.4, -0.2) is 63.3 Å². The molecule has 1 amide bonds. The molecule has 1 aliphatic rings. The van der Waals surface area contributed by atoms with E-state index in [0.717, 1.165) is 11.6 Å². The predicted molar refractivity (Wildman–Crippen MR) is 91.3 cm³/mol. The summed E-state index contributed by atoms with van der Waals surface area (Å²) in [6.07, 6.45) is -4.13. The van der Waals surface area contributed by atoms with E-state index in [9.17, 15) is 24.9 Å². The maximum Gasteiger partial charge on any atom is 0.370 e. The molecule has 0 radical (unpaired) electrons. The number of amides is 1. The topological polar surface area (TPSA) is 136 Å². The Bertz CT molecular complexity index is 703. The van der Waals surface area contributed by atoms with Gasteiger partial charge in [0.25, 0.3) is 5.91 Å². The highest BCUT2D eigenvalue weighted by molar-refractivity contribution is 5.94. The highest BCUT2D eigenvalue weighted by Gasteiger charge is 2.40. The van der Waals surface area contributed by atoms with Crippen LogP contribution in [0.5, 0.6) is 0 Å². The highest BCUT2D eigenvalue weighted by atomic mass is 16.5. The Hall–Kier alpha value is -2.42. The van der Waals surface area contributed by atoms with Crippen LogP contribution in [0, 0.1) is 12.8 Å². The first kappa shape index (κ1) is 19.9. The van der Waals surface area contributed by atoms with Crippen LogP contribution in [-0.2, 0) is 9.53 Å². The van der Waals surface area contributed by atoms with Gasteiger partial charge in [0.1, 0.15) is 18.3 Å². The Kier molecular flexibility index (Phi) is 6.36. The van der Waals surface area contributed by atoms with Gasteiger partial charge in [0.15, 0.2) is 0 Å². The summed E-state index contributed by atoms with van der Waals surface area (Å²) >= 11 is 0. The van der Waals surface area contributed by atoms with Crippen molar-refractivity contribution in [3.63, 3.8) is 0 Å². The van der Waals surface area contributed by atoms with Gasteiger partial charge in [0.2, 0.25) is 5.76 Å². The molecule has 0 aromatic heterocycles. The number of carbonyl (C=O) groups excluding carboxylic acids is 1. The molecule has 1 heterocycles. The van der Waals surface area contributed by atoms with Crippen LogP contribution in [0.2, 0.25) is 0 Å². The van der Waals surface area contributed by atoms with Crippen LogP contribution in [0.3, 0.4) is 0 Å². The Labute approximate surface area is 150 Å². The summed E-state index contributed by atoms with van der Waals surface area (Å²) in [5.41, 5.74) is 1.32. The molecule has 5 atom stereocenters. The summed E-state index contributed by atoms with van der Waals surface area (Å²) in [5, 5.41) is 41.9. The molecule has 8 nitrogen and oxygen atoms in total. The van der Waals surface area contributed by atoms with E-state index < -0.39 is 48.0 Å². The highest BCUT2D eigenvalue weighted by Crippen LogP contribution is 2.27. The van der Waals surface area contributed by atoms with Crippen LogP contribution in [0.1, 0.15) is 22.8 Å². The fourth-order valence-corrected chi connectivity index (χ4v) is 2.72. The fraction of sp³-hybridized carbons (Fsp3) is 0.444.